The predicted octanol–water partition coefficient (Wildman–Crippen LogP) is 3.20. The third-order valence-electron chi connectivity index (χ3n) is 2.86. The molecule has 0 aromatic heterocycles. The van der Waals surface area contributed by atoms with Crippen LogP contribution in [0.1, 0.15) is 27.2 Å². The summed E-state index contributed by atoms with van der Waals surface area (Å²) >= 11 is 0. The topological polar surface area (TPSA) is 0 Å². The molecular weight excluding hydrogens is 151 g/mol. The highest BCUT2D eigenvalue weighted by molar-refractivity contribution is 7.75. The van der Waals surface area contributed by atoms with Gasteiger partial charge >= 0.3 is 0 Å². The van der Waals surface area contributed by atoms with Gasteiger partial charge in [-0.1, -0.05) is 38.2 Å². The Morgan fingerprint density at radius 3 is 2.18 bits per heavy atom. The van der Waals surface area contributed by atoms with Gasteiger partial charge in [0.25, 0.3) is 0 Å². The molecule has 0 saturated carbocycles. The van der Waals surface area contributed by atoms with Gasteiger partial charge in [0.15, 0.2) is 0 Å². The molecule has 0 saturated heterocycles. The van der Waals surface area contributed by atoms with Crippen molar-refractivity contribution in [2.24, 2.45) is 0 Å². The van der Waals surface area contributed by atoms with E-state index in [0.29, 0.717) is 0 Å². The lowest BCUT2D eigenvalue weighted by molar-refractivity contribution is 1.11. The third-order valence-corrected chi connectivity index (χ3v) is 7.19. The van der Waals surface area contributed by atoms with Crippen LogP contribution >= 0.6 is 6.89 Å². The van der Waals surface area contributed by atoms with Crippen molar-refractivity contribution in [3.05, 3.63) is 11.6 Å². The molecule has 0 aromatic rings. The molecule has 1 aliphatic rings. The molecule has 1 heterocycles. The van der Waals surface area contributed by atoms with E-state index in [1.165, 1.54) is 24.9 Å². The summed E-state index contributed by atoms with van der Waals surface area (Å²) in [6.07, 6.45) is 7.89. The monoisotopic (exact) mass is 170 g/mol. The van der Waals surface area contributed by atoms with Crippen LogP contribution in [0.5, 0.6) is 0 Å². The van der Waals surface area contributed by atoms with E-state index in [2.05, 4.69) is 32.6 Å². The van der Waals surface area contributed by atoms with Crippen molar-refractivity contribution in [3.63, 3.8) is 0 Å². The zero-order chi connectivity index (χ0) is 8.32. The second-order valence-corrected chi connectivity index (χ2v) is 7.65. The van der Waals surface area contributed by atoms with Crippen LogP contribution < -0.4 is 0 Å². The molecule has 0 amide bonds. The number of hydrogen-bond acceptors (Lipinski definition) is 0. The van der Waals surface area contributed by atoms with E-state index in [4.69, 9.17) is 0 Å². The molecule has 0 radical (unpaired) electrons. The molecule has 1 rings (SSSR count). The van der Waals surface area contributed by atoms with Crippen LogP contribution in [0.15, 0.2) is 11.6 Å². The Balaban J connectivity index is 2.67. The van der Waals surface area contributed by atoms with Crippen molar-refractivity contribution in [1.29, 1.82) is 0 Å². The second kappa shape index (κ2) is 3.63. The van der Waals surface area contributed by atoms with Gasteiger partial charge in [-0.05, 0) is 24.9 Å². The van der Waals surface area contributed by atoms with Crippen molar-refractivity contribution in [3.8, 4) is 0 Å². The second-order valence-electron chi connectivity index (χ2n) is 3.34. The van der Waals surface area contributed by atoms with E-state index >= 15 is 0 Å². The molecule has 64 valence electrons. The Bertz CT molecular complexity index is 203. The standard InChI is InChI=1S/C10H19P/c1-4-10-7-8-11(5-2,6-3)9-10/h7-8H,4-6,9H2,1-3H3. The van der Waals surface area contributed by atoms with Crippen LogP contribution in [-0.2, 0) is 0 Å². The van der Waals surface area contributed by atoms with Crippen molar-refractivity contribution in [2.45, 2.75) is 27.2 Å². The van der Waals surface area contributed by atoms with E-state index in [-0.39, 0.29) is 0 Å². The maximum absolute atomic E-state index is 2.53. The van der Waals surface area contributed by atoms with Crippen LogP contribution in [0.2, 0.25) is 0 Å². The molecule has 0 fully saturated rings. The van der Waals surface area contributed by atoms with Crippen LogP contribution in [0, 0.1) is 0 Å². The molecule has 0 aliphatic carbocycles. The molecular formula is C10H19P. The fourth-order valence-electron chi connectivity index (χ4n) is 1.66. The summed E-state index contributed by atoms with van der Waals surface area (Å²) in [5.41, 5.74) is 1.68. The molecule has 0 spiro atoms. The molecule has 0 bridgehead atoms. The number of allylic oxidation sites excluding steroid dienone is 2. The predicted molar refractivity (Wildman–Crippen MR) is 57.3 cm³/mol. The molecule has 0 unspecified atom stereocenters. The van der Waals surface area contributed by atoms with Gasteiger partial charge in [-0.3, -0.25) is 0 Å². The molecule has 0 nitrogen and oxygen atoms in total. The summed E-state index contributed by atoms with van der Waals surface area (Å²) in [6.45, 7) is 6.36. The minimum Gasteiger partial charge on any atom is -0.101 e. The Kier molecular flexibility index (Phi) is 3.01. The average Bonchev–Trinajstić information content (AvgIpc) is 2.49. The first-order valence-electron chi connectivity index (χ1n) is 4.66. The van der Waals surface area contributed by atoms with Gasteiger partial charge in [0.2, 0.25) is 0 Å². The maximum Gasteiger partial charge on any atom is -0.0113 e. The van der Waals surface area contributed by atoms with E-state index in [1.54, 1.807) is 5.57 Å². The number of hydrogen-bond donors (Lipinski definition) is 0. The normalized spacial score (nSPS) is 21.2. The largest absolute Gasteiger partial charge is 0.101 e. The van der Waals surface area contributed by atoms with Crippen LogP contribution in [0.4, 0.5) is 0 Å². The van der Waals surface area contributed by atoms with Crippen LogP contribution in [-0.4, -0.2) is 24.3 Å². The van der Waals surface area contributed by atoms with Gasteiger partial charge in [-0.15, -0.1) is 6.89 Å². The van der Waals surface area contributed by atoms with E-state index in [0.717, 1.165) is 0 Å². The quantitative estimate of drug-likeness (QED) is 0.570. The van der Waals surface area contributed by atoms with Gasteiger partial charge in [0, 0.05) is 0 Å². The Morgan fingerprint density at radius 1 is 1.27 bits per heavy atom. The zero-order valence-electron chi connectivity index (χ0n) is 7.93. The molecule has 1 aliphatic heterocycles. The first-order valence-corrected chi connectivity index (χ1v) is 7.07. The Labute approximate surface area is 70.7 Å². The summed E-state index contributed by atoms with van der Waals surface area (Å²) in [7, 11) is 0. The van der Waals surface area contributed by atoms with Gasteiger partial charge in [-0.25, -0.2) is 0 Å². The van der Waals surface area contributed by atoms with Gasteiger partial charge in [-0.2, -0.15) is 0 Å². The minimum atomic E-state index is -0.599. The van der Waals surface area contributed by atoms with Crippen molar-refractivity contribution < 1.29 is 0 Å². The van der Waals surface area contributed by atoms with Crippen LogP contribution in [0.25, 0.3) is 0 Å². The lowest BCUT2D eigenvalue weighted by atomic mass is 10.2. The summed E-state index contributed by atoms with van der Waals surface area (Å²) < 4.78 is 0. The van der Waals surface area contributed by atoms with Gasteiger partial charge < -0.3 is 0 Å². The van der Waals surface area contributed by atoms with Gasteiger partial charge in [0.05, 0.1) is 0 Å². The van der Waals surface area contributed by atoms with Gasteiger partial charge in [0.1, 0.15) is 0 Å². The Hall–Kier alpha value is 0.0400. The highest BCUT2D eigenvalue weighted by Crippen LogP contribution is 2.50. The SMILES string of the molecule is CCC1=CC=P(CC)(CC)C1. The first kappa shape index (κ1) is 9.13. The maximum atomic E-state index is 2.53. The fourth-order valence-corrected chi connectivity index (χ4v) is 4.75. The molecule has 1 heteroatoms. The molecule has 11 heavy (non-hydrogen) atoms. The highest BCUT2D eigenvalue weighted by Gasteiger charge is 2.17. The molecule has 0 atom stereocenters. The first-order chi connectivity index (χ1) is 5.26. The zero-order valence-corrected chi connectivity index (χ0v) is 8.82. The summed E-state index contributed by atoms with van der Waals surface area (Å²) in [6, 6.07) is 0. The van der Waals surface area contributed by atoms with E-state index in [1.807, 2.05) is 0 Å². The van der Waals surface area contributed by atoms with E-state index < -0.39 is 6.89 Å². The summed E-state index contributed by atoms with van der Waals surface area (Å²) in [5.74, 6) is 2.53. The Morgan fingerprint density at radius 2 is 1.91 bits per heavy atom. The minimum absolute atomic E-state index is 0.599. The molecule has 0 N–H and O–H groups in total. The smallest absolute Gasteiger partial charge is 0.0113 e. The van der Waals surface area contributed by atoms with Crippen molar-refractivity contribution in [2.75, 3.05) is 18.5 Å². The van der Waals surface area contributed by atoms with E-state index in [9.17, 15) is 0 Å². The fraction of sp³-hybridized carbons (Fsp3) is 0.700. The number of rotatable bonds is 3. The highest BCUT2D eigenvalue weighted by atomic mass is 31.2. The molecule has 0 aromatic carbocycles. The lowest BCUT2D eigenvalue weighted by Crippen LogP contribution is -1.95. The summed E-state index contributed by atoms with van der Waals surface area (Å²) in [5, 5.41) is 0. The lowest BCUT2D eigenvalue weighted by Gasteiger charge is -2.18. The van der Waals surface area contributed by atoms with Crippen LogP contribution in [0.3, 0.4) is 0 Å². The van der Waals surface area contributed by atoms with Crippen molar-refractivity contribution >= 4 is 12.7 Å². The third kappa shape index (κ3) is 1.79. The summed E-state index contributed by atoms with van der Waals surface area (Å²) in [4.78, 5) is 0. The van der Waals surface area contributed by atoms with Crippen molar-refractivity contribution in [1.82, 2.24) is 0 Å². The average molecular weight is 170 g/mol.